The molecule has 1 N–H and O–H groups in total. The SMILES string of the molecule is N#CCc1ccc(Nc2nc(-c3cccnc3)cs2)cc1. The van der Waals surface area contributed by atoms with Gasteiger partial charge in [-0.05, 0) is 29.8 Å². The number of nitrogens with zero attached hydrogens (tertiary/aromatic N) is 3. The van der Waals surface area contributed by atoms with Gasteiger partial charge in [0.1, 0.15) is 0 Å². The second kappa shape index (κ2) is 6.16. The maximum Gasteiger partial charge on any atom is 0.187 e. The van der Waals surface area contributed by atoms with Crippen molar-refractivity contribution >= 4 is 22.2 Å². The molecule has 102 valence electrons. The molecule has 3 rings (SSSR count). The lowest BCUT2D eigenvalue weighted by Gasteiger charge is -2.03. The van der Waals surface area contributed by atoms with Gasteiger partial charge in [-0.3, -0.25) is 4.98 Å². The average Bonchev–Trinajstić information content (AvgIpc) is 2.99. The van der Waals surface area contributed by atoms with Gasteiger partial charge in [-0.1, -0.05) is 12.1 Å². The number of thiazole rings is 1. The van der Waals surface area contributed by atoms with E-state index in [0.29, 0.717) is 6.42 Å². The fourth-order valence-corrected chi connectivity index (χ4v) is 2.64. The number of benzene rings is 1. The van der Waals surface area contributed by atoms with Gasteiger partial charge in [-0.15, -0.1) is 11.3 Å². The molecule has 0 aliphatic carbocycles. The molecular weight excluding hydrogens is 280 g/mol. The predicted octanol–water partition coefficient (Wildman–Crippen LogP) is 4.01. The molecule has 4 nitrogen and oxygen atoms in total. The molecular formula is C16H12N4S. The van der Waals surface area contributed by atoms with Gasteiger partial charge in [0, 0.05) is 29.0 Å². The standard InChI is InChI=1S/C16H12N4S/c17-8-7-12-3-5-14(6-4-12)19-16-20-15(11-21-16)13-2-1-9-18-10-13/h1-6,9-11H,7H2,(H,19,20). The van der Waals surface area contributed by atoms with Crippen molar-refractivity contribution in [1.29, 1.82) is 5.26 Å². The highest BCUT2D eigenvalue weighted by Gasteiger charge is 2.04. The number of hydrogen-bond donors (Lipinski definition) is 1. The molecule has 0 aliphatic heterocycles. The Morgan fingerprint density at radius 3 is 2.76 bits per heavy atom. The summed E-state index contributed by atoms with van der Waals surface area (Å²) in [5.74, 6) is 0. The molecule has 0 radical (unpaired) electrons. The zero-order chi connectivity index (χ0) is 14.5. The lowest BCUT2D eigenvalue weighted by molar-refractivity contribution is 1.26. The third kappa shape index (κ3) is 3.25. The smallest absolute Gasteiger partial charge is 0.187 e. The number of anilines is 2. The van der Waals surface area contributed by atoms with E-state index in [0.717, 1.165) is 27.6 Å². The Kier molecular flexibility index (Phi) is 3.90. The normalized spacial score (nSPS) is 10.0. The van der Waals surface area contributed by atoms with E-state index < -0.39 is 0 Å². The molecule has 0 unspecified atom stereocenters. The van der Waals surface area contributed by atoms with Crippen LogP contribution in [0.5, 0.6) is 0 Å². The van der Waals surface area contributed by atoms with E-state index in [1.165, 1.54) is 0 Å². The first-order valence-electron chi connectivity index (χ1n) is 6.44. The van der Waals surface area contributed by atoms with Crippen molar-refractivity contribution in [2.45, 2.75) is 6.42 Å². The maximum absolute atomic E-state index is 8.66. The second-order valence-electron chi connectivity index (χ2n) is 4.44. The minimum Gasteiger partial charge on any atom is -0.332 e. The van der Waals surface area contributed by atoms with Crippen LogP contribution in [0.3, 0.4) is 0 Å². The van der Waals surface area contributed by atoms with E-state index in [9.17, 15) is 0 Å². The van der Waals surface area contributed by atoms with E-state index in [1.54, 1.807) is 23.7 Å². The third-order valence-corrected chi connectivity index (χ3v) is 3.71. The molecule has 3 aromatic rings. The Morgan fingerprint density at radius 2 is 2.05 bits per heavy atom. The highest BCUT2D eigenvalue weighted by Crippen LogP contribution is 2.26. The Bertz CT molecular complexity index is 757. The van der Waals surface area contributed by atoms with Crippen LogP contribution < -0.4 is 5.32 Å². The number of nitriles is 1. The number of aromatic nitrogens is 2. The van der Waals surface area contributed by atoms with E-state index in [2.05, 4.69) is 21.4 Å². The number of nitrogens with one attached hydrogen (secondary N) is 1. The summed E-state index contributed by atoms with van der Waals surface area (Å²) in [7, 11) is 0. The van der Waals surface area contributed by atoms with Crippen LogP contribution in [0, 0.1) is 11.3 Å². The summed E-state index contributed by atoms with van der Waals surface area (Å²) in [6, 6.07) is 13.8. The monoisotopic (exact) mass is 292 g/mol. The lowest BCUT2D eigenvalue weighted by Crippen LogP contribution is -1.90. The Morgan fingerprint density at radius 1 is 1.19 bits per heavy atom. The van der Waals surface area contributed by atoms with Crippen LogP contribution in [0.2, 0.25) is 0 Å². The van der Waals surface area contributed by atoms with Crippen molar-refractivity contribution in [3.05, 3.63) is 59.7 Å². The molecule has 0 bridgehead atoms. The number of hydrogen-bond acceptors (Lipinski definition) is 5. The Balaban J connectivity index is 1.74. The van der Waals surface area contributed by atoms with Crippen molar-refractivity contribution in [1.82, 2.24) is 9.97 Å². The molecule has 1 aromatic carbocycles. The fourth-order valence-electron chi connectivity index (χ4n) is 1.90. The van der Waals surface area contributed by atoms with Gasteiger partial charge >= 0.3 is 0 Å². The van der Waals surface area contributed by atoms with Crippen molar-refractivity contribution in [3.8, 4) is 17.3 Å². The maximum atomic E-state index is 8.66. The van der Waals surface area contributed by atoms with Gasteiger partial charge < -0.3 is 5.32 Å². The van der Waals surface area contributed by atoms with E-state index in [-0.39, 0.29) is 0 Å². The van der Waals surface area contributed by atoms with Crippen LogP contribution in [-0.4, -0.2) is 9.97 Å². The molecule has 0 amide bonds. The first kappa shape index (κ1) is 13.3. The summed E-state index contributed by atoms with van der Waals surface area (Å²) >= 11 is 1.55. The summed E-state index contributed by atoms with van der Waals surface area (Å²) in [6.07, 6.45) is 3.98. The van der Waals surface area contributed by atoms with Gasteiger partial charge in [-0.25, -0.2) is 4.98 Å². The summed E-state index contributed by atoms with van der Waals surface area (Å²) in [5, 5.41) is 14.8. The van der Waals surface area contributed by atoms with Crippen LogP contribution >= 0.6 is 11.3 Å². The molecule has 0 spiro atoms. The summed E-state index contributed by atoms with van der Waals surface area (Å²) < 4.78 is 0. The molecule has 0 atom stereocenters. The number of pyridine rings is 1. The quantitative estimate of drug-likeness (QED) is 0.789. The van der Waals surface area contributed by atoms with Crippen molar-refractivity contribution in [3.63, 3.8) is 0 Å². The third-order valence-electron chi connectivity index (χ3n) is 2.95. The van der Waals surface area contributed by atoms with E-state index in [4.69, 9.17) is 5.26 Å². The first-order valence-corrected chi connectivity index (χ1v) is 7.32. The van der Waals surface area contributed by atoms with Crippen LogP contribution in [0.4, 0.5) is 10.8 Å². The molecule has 0 fully saturated rings. The molecule has 0 saturated carbocycles. The molecule has 2 aromatic heterocycles. The zero-order valence-corrected chi connectivity index (χ0v) is 12.0. The van der Waals surface area contributed by atoms with Crippen molar-refractivity contribution in [2.75, 3.05) is 5.32 Å². The average molecular weight is 292 g/mol. The summed E-state index contributed by atoms with van der Waals surface area (Å²) in [6.45, 7) is 0. The Labute approximate surface area is 126 Å². The molecule has 5 heteroatoms. The highest BCUT2D eigenvalue weighted by molar-refractivity contribution is 7.14. The van der Waals surface area contributed by atoms with Gasteiger partial charge in [-0.2, -0.15) is 5.26 Å². The lowest BCUT2D eigenvalue weighted by atomic mass is 10.1. The van der Waals surface area contributed by atoms with Gasteiger partial charge in [0.2, 0.25) is 0 Å². The predicted molar refractivity (Wildman–Crippen MR) is 84.4 cm³/mol. The first-order chi connectivity index (χ1) is 10.3. The van der Waals surface area contributed by atoms with Crippen molar-refractivity contribution in [2.24, 2.45) is 0 Å². The van der Waals surface area contributed by atoms with E-state index in [1.807, 2.05) is 41.8 Å². The topological polar surface area (TPSA) is 61.6 Å². The highest BCUT2D eigenvalue weighted by atomic mass is 32.1. The fraction of sp³-hybridized carbons (Fsp3) is 0.0625. The zero-order valence-electron chi connectivity index (χ0n) is 11.2. The summed E-state index contributed by atoms with van der Waals surface area (Å²) in [5.41, 5.74) is 3.89. The minimum absolute atomic E-state index is 0.433. The van der Waals surface area contributed by atoms with Gasteiger partial charge in [0.05, 0.1) is 18.2 Å². The van der Waals surface area contributed by atoms with E-state index >= 15 is 0 Å². The number of rotatable bonds is 4. The minimum atomic E-state index is 0.433. The largest absolute Gasteiger partial charge is 0.332 e. The molecule has 0 aliphatic rings. The van der Waals surface area contributed by atoms with Crippen LogP contribution in [0.15, 0.2) is 54.2 Å². The summed E-state index contributed by atoms with van der Waals surface area (Å²) in [4.78, 5) is 8.65. The molecule has 2 heterocycles. The van der Waals surface area contributed by atoms with Crippen LogP contribution in [-0.2, 0) is 6.42 Å². The van der Waals surface area contributed by atoms with Crippen molar-refractivity contribution < 1.29 is 0 Å². The van der Waals surface area contributed by atoms with Crippen LogP contribution in [0.25, 0.3) is 11.3 Å². The van der Waals surface area contributed by atoms with Gasteiger partial charge in [0.15, 0.2) is 5.13 Å². The second-order valence-corrected chi connectivity index (χ2v) is 5.29. The Hall–Kier alpha value is -2.71. The molecule has 21 heavy (non-hydrogen) atoms. The van der Waals surface area contributed by atoms with Gasteiger partial charge in [0.25, 0.3) is 0 Å². The van der Waals surface area contributed by atoms with Crippen LogP contribution in [0.1, 0.15) is 5.56 Å². The molecule has 0 saturated heterocycles.